The van der Waals surface area contributed by atoms with Crippen LogP contribution in [0.15, 0.2) is 24.3 Å². The molecule has 0 atom stereocenters. The smallest absolute Gasteiger partial charge is 0.393 e. The van der Waals surface area contributed by atoms with Crippen molar-refractivity contribution in [2.45, 2.75) is 57.9 Å². The molecule has 2 fully saturated rings. The number of nitrogens with zero attached hydrogens (tertiary/aromatic N) is 3. The third kappa shape index (κ3) is 4.67. The lowest BCUT2D eigenvalue weighted by atomic mass is 9.93. The number of aryl methyl sites for hydroxylation is 2. The van der Waals surface area contributed by atoms with Crippen LogP contribution in [0.25, 0.3) is 11.4 Å². The van der Waals surface area contributed by atoms with E-state index in [1.807, 2.05) is 0 Å². The average molecular weight is 464 g/mol. The summed E-state index contributed by atoms with van der Waals surface area (Å²) in [7, 11) is 0. The lowest BCUT2D eigenvalue weighted by Gasteiger charge is -2.47. The van der Waals surface area contributed by atoms with Crippen molar-refractivity contribution in [2.75, 3.05) is 26.2 Å². The van der Waals surface area contributed by atoms with E-state index in [2.05, 4.69) is 15.3 Å². The van der Waals surface area contributed by atoms with Crippen molar-refractivity contribution in [3.05, 3.63) is 46.8 Å². The van der Waals surface area contributed by atoms with Gasteiger partial charge in [-0.05, 0) is 26.0 Å². The van der Waals surface area contributed by atoms with Gasteiger partial charge in [-0.2, -0.15) is 13.2 Å². The molecular formula is C24H30F3N4O2+. The number of rotatable bonds is 3. The molecule has 0 spiro atoms. The molecule has 0 aliphatic carbocycles. The molecule has 2 aromatic rings. The van der Waals surface area contributed by atoms with Crippen LogP contribution in [0.4, 0.5) is 13.2 Å². The van der Waals surface area contributed by atoms with Crippen molar-refractivity contribution in [2.24, 2.45) is 0 Å². The Bertz CT molecular complexity index is 1000. The first kappa shape index (κ1) is 23.8. The quantitative estimate of drug-likeness (QED) is 0.680. The summed E-state index contributed by atoms with van der Waals surface area (Å²) in [5.41, 5.74) is 0.885. The van der Waals surface area contributed by atoms with Gasteiger partial charge in [-0.3, -0.25) is 4.48 Å². The zero-order valence-corrected chi connectivity index (χ0v) is 19.0. The van der Waals surface area contributed by atoms with E-state index in [0.29, 0.717) is 42.9 Å². The number of likely N-dealkylation sites (tertiary alicyclic amines) is 1. The minimum Gasteiger partial charge on any atom is -0.393 e. The summed E-state index contributed by atoms with van der Waals surface area (Å²) < 4.78 is 39.7. The van der Waals surface area contributed by atoms with E-state index in [1.54, 1.807) is 19.9 Å². The average Bonchev–Trinajstić information content (AvgIpc) is 2.79. The van der Waals surface area contributed by atoms with Crippen molar-refractivity contribution >= 4 is 5.91 Å². The van der Waals surface area contributed by atoms with E-state index in [0.717, 1.165) is 38.1 Å². The summed E-state index contributed by atoms with van der Waals surface area (Å²) in [6.07, 6.45) is -1.96. The molecule has 2 N–H and O–H groups in total. The Morgan fingerprint density at radius 2 is 1.67 bits per heavy atom. The number of hydrogen-bond acceptors (Lipinski definition) is 5. The zero-order chi connectivity index (χ0) is 23.8. The van der Waals surface area contributed by atoms with Gasteiger partial charge >= 0.3 is 12.1 Å². The maximum atomic E-state index is 14.0. The molecule has 0 bridgehead atoms. The Kier molecular flexibility index (Phi) is 6.57. The molecule has 1 amide bonds. The van der Waals surface area contributed by atoms with Gasteiger partial charge in [0.15, 0.2) is 5.82 Å². The fourth-order valence-electron chi connectivity index (χ4n) is 5.26. The van der Waals surface area contributed by atoms with Gasteiger partial charge in [0.2, 0.25) is 0 Å². The van der Waals surface area contributed by atoms with Crippen LogP contribution in [0.5, 0.6) is 0 Å². The number of hydrogen-bond donors (Lipinski definition) is 2. The second-order valence-electron chi connectivity index (χ2n) is 9.17. The van der Waals surface area contributed by atoms with Gasteiger partial charge in [-0.1, -0.05) is 12.1 Å². The summed E-state index contributed by atoms with van der Waals surface area (Å²) >= 11 is 0. The Hall–Kier alpha value is -2.36. The summed E-state index contributed by atoms with van der Waals surface area (Å²) in [6, 6.07) is 5.08. The van der Waals surface area contributed by atoms with Crippen molar-refractivity contribution in [3.63, 3.8) is 0 Å². The summed E-state index contributed by atoms with van der Waals surface area (Å²) in [5, 5.41) is 13.5. The standard InChI is InChI=1S/C24H30F3N4O2/c1-15-21(16(2)30-22(29-15)17-4-3-5-18(14-17)24(25,26)27)23(33)31(12-8-20(32)9-13-31)19-6-10-28-11-7-19/h3-5,14,19-20,28,32H,6-13H2,1-2H3/q+1. The number of carbonyl (C=O) groups is 1. The maximum Gasteiger partial charge on any atom is 0.416 e. The molecule has 3 heterocycles. The Morgan fingerprint density at radius 3 is 2.24 bits per heavy atom. The molecule has 1 aromatic heterocycles. The Labute approximate surface area is 191 Å². The van der Waals surface area contributed by atoms with E-state index in [9.17, 15) is 23.1 Å². The van der Waals surface area contributed by atoms with E-state index >= 15 is 0 Å². The number of nitrogens with one attached hydrogen (secondary N) is 1. The highest BCUT2D eigenvalue weighted by Crippen LogP contribution is 2.34. The maximum absolute atomic E-state index is 14.0. The van der Waals surface area contributed by atoms with Crippen molar-refractivity contribution in [3.8, 4) is 11.4 Å². The Balaban J connectivity index is 1.72. The molecule has 2 aliphatic rings. The molecular weight excluding hydrogens is 433 g/mol. The predicted octanol–water partition coefficient (Wildman–Crippen LogP) is 3.64. The molecule has 4 rings (SSSR count). The van der Waals surface area contributed by atoms with Gasteiger partial charge in [0.1, 0.15) is 5.56 Å². The topological polar surface area (TPSA) is 75.1 Å². The van der Waals surface area contributed by atoms with Crippen molar-refractivity contribution < 1.29 is 27.6 Å². The van der Waals surface area contributed by atoms with Crippen LogP contribution >= 0.6 is 0 Å². The number of piperidine rings is 2. The molecule has 0 unspecified atom stereocenters. The van der Waals surface area contributed by atoms with Crippen LogP contribution in [-0.2, 0) is 6.18 Å². The van der Waals surface area contributed by atoms with Crippen LogP contribution in [0.2, 0.25) is 0 Å². The highest BCUT2D eigenvalue weighted by molar-refractivity contribution is 5.91. The summed E-state index contributed by atoms with van der Waals surface area (Å²) in [6.45, 7) is 6.28. The zero-order valence-electron chi connectivity index (χ0n) is 19.0. The number of benzene rings is 1. The fraction of sp³-hybridized carbons (Fsp3) is 0.542. The number of aromatic nitrogens is 2. The summed E-state index contributed by atoms with van der Waals surface area (Å²) in [4.78, 5) is 23.0. The number of quaternary nitrogens is 1. The molecule has 9 heteroatoms. The number of carbonyl (C=O) groups excluding carboxylic acids is 1. The lowest BCUT2D eigenvalue weighted by molar-refractivity contribution is -0.881. The van der Waals surface area contributed by atoms with Crippen molar-refractivity contribution in [1.82, 2.24) is 15.3 Å². The largest absolute Gasteiger partial charge is 0.416 e. The van der Waals surface area contributed by atoms with Gasteiger partial charge in [0.05, 0.1) is 42.2 Å². The second-order valence-corrected chi connectivity index (χ2v) is 9.17. The molecule has 6 nitrogen and oxygen atoms in total. The molecule has 0 saturated carbocycles. The highest BCUT2D eigenvalue weighted by atomic mass is 19.4. The lowest BCUT2D eigenvalue weighted by Crippen LogP contribution is -2.65. The monoisotopic (exact) mass is 463 g/mol. The van der Waals surface area contributed by atoms with Crippen LogP contribution in [0.3, 0.4) is 0 Å². The van der Waals surface area contributed by atoms with Crippen molar-refractivity contribution in [1.29, 1.82) is 0 Å². The van der Waals surface area contributed by atoms with Crippen LogP contribution in [0.1, 0.15) is 53.0 Å². The highest BCUT2D eigenvalue weighted by Gasteiger charge is 2.48. The van der Waals surface area contributed by atoms with Gasteiger partial charge in [0, 0.05) is 44.3 Å². The van der Waals surface area contributed by atoms with Gasteiger partial charge in [-0.25, -0.2) is 14.8 Å². The number of amides is 1. The predicted molar refractivity (Wildman–Crippen MR) is 117 cm³/mol. The fourth-order valence-corrected chi connectivity index (χ4v) is 5.26. The second kappa shape index (κ2) is 9.12. The SMILES string of the molecule is Cc1nc(-c2cccc(C(F)(F)F)c2)nc(C)c1C(=O)[N+]1(C2CCNCC2)CCC(O)CC1. The first-order valence-corrected chi connectivity index (χ1v) is 11.4. The van der Waals surface area contributed by atoms with Gasteiger partial charge in [0.25, 0.3) is 0 Å². The number of alkyl halides is 3. The molecule has 33 heavy (non-hydrogen) atoms. The number of halogens is 3. The summed E-state index contributed by atoms with van der Waals surface area (Å²) in [5.74, 6) is 0.134. The van der Waals surface area contributed by atoms with E-state index in [4.69, 9.17) is 0 Å². The molecule has 2 aliphatic heterocycles. The molecule has 2 saturated heterocycles. The number of aliphatic hydroxyl groups is 1. The van der Waals surface area contributed by atoms with E-state index in [-0.39, 0.29) is 27.8 Å². The molecule has 1 aromatic carbocycles. The van der Waals surface area contributed by atoms with E-state index in [1.165, 1.54) is 6.07 Å². The minimum atomic E-state index is -4.46. The van der Waals surface area contributed by atoms with Crippen LogP contribution in [-0.4, -0.2) is 63.8 Å². The number of aliphatic hydroxyl groups excluding tert-OH is 1. The molecule has 178 valence electrons. The minimum absolute atomic E-state index is 0.0422. The Morgan fingerprint density at radius 1 is 1.06 bits per heavy atom. The van der Waals surface area contributed by atoms with E-state index < -0.39 is 17.8 Å². The third-order valence-electron chi connectivity index (χ3n) is 7.07. The third-order valence-corrected chi connectivity index (χ3v) is 7.07. The van der Waals surface area contributed by atoms with Gasteiger partial charge in [-0.15, -0.1) is 0 Å². The first-order chi connectivity index (χ1) is 15.6. The van der Waals surface area contributed by atoms with Crippen LogP contribution < -0.4 is 5.32 Å². The molecule has 0 radical (unpaired) electrons. The van der Waals surface area contributed by atoms with Gasteiger partial charge < -0.3 is 10.4 Å². The van der Waals surface area contributed by atoms with Crippen LogP contribution in [0, 0.1) is 13.8 Å². The first-order valence-electron chi connectivity index (χ1n) is 11.4. The normalized spacial score (nSPS) is 24.6.